The van der Waals surface area contributed by atoms with Crippen LogP contribution in [0.25, 0.3) is 0 Å². The molecule has 0 aliphatic heterocycles. The molecule has 0 bridgehead atoms. The molecule has 0 spiro atoms. The molecule has 0 atom stereocenters. The molecule has 0 saturated heterocycles. The first kappa shape index (κ1) is 10.0. The van der Waals surface area contributed by atoms with Gasteiger partial charge in [0.15, 0.2) is 0 Å². The van der Waals surface area contributed by atoms with Gasteiger partial charge in [0.2, 0.25) is 0 Å². The first-order chi connectivity index (χ1) is 5.83. The molecule has 1 heterocycles. The standard InChI is InChI=1S/C8H12BrNOS/c9-7-5-8(12-6-7)10-3-1-2-4-11/h5-6,10-11H,1-4H2. The van der Waals surface area contributed by atoms with E-state index in [4.69, 9.17) is 5.11 Å². The predicted molar refractivity (Wildman–Crippen MR) is 56.8 cm³/mol. The van der Waals surface area contributed by atoms with Crippen molar-refractivity contribution in [2.75, 3.05) is 18.5 Å². The second-order valence-electron chi connectivity index (χ2n) is 2.49. The summed E-state index contributed by atoms with van der Waals surface area (Å²) in [6.45, 7) is 1.23. The van der Waals surface area contributed by atoms with Gasteiger partial charge in [-0.2, -0.15) is 0 Å². The number of thiophene rings is 1. The summed E-state index contributed by atoms with van der Waals surface area (Å²) >= 11 is 5.07. The lowest BCUT2D eigenvalue weighted by Gasteiger charge is -2.00. The molecule has 1 aromatic rings. The van der Waals surface area contributed by atoms with E-state index in [1.165, 1.54) is 5.00 Å². The van der Waals surface area contributed by atoms with E-state index in [-0.39, 0.29) is 6.61 Å². The van der Waals surface area contributed by atoms with E-state index < -0.39 is 0 Å². The number of aliphatic hydroxyl groups is 1. The van der Waals surface area contributed by atoms with Crippen molar-refractivity contribution in [1.82, 2.24) is 0 Å². The van der Waals surface area contributed by atoms with E-state index in [2.05, 4.69) is 27.3 Å². The smallest absolute Gasteiger partial charge is 0.0894 e. The summed E-state index contributed by atoms with van der Waals surface area (Å²) in [5, 5.41) is 15.0. The van der Waals surface area contributed by atoms with Gasteiger partial charge in [-0.15, -0.1) is 11.3 Å². The van der Waals surface area contributed by atoms with Crippen molar-refractivity contribution in [2.45, 2.75) is 12.8 Å². The minimum absolute atomic E-state index is 0.288. The zero-order valence-corrected chi connectivity index (χ0v) is 9.12. The van der Waals surface area contributed by atoms with Crippen molar-refractivity contribution in [2.24, 2.45) is 0 Å². The lowest BCUT2D eigenvalue weighted by atomic mass is 10.3. The molecule has 0 aliphatic carbocycles. The predicted octanol–water partition coefficient (Wildman–Crippen LogP) is 2.70. The van der Waals surface area contributed by atoms with Gasteiger partial charge < -0.3 is 10.4 Å². The van der Waals surface area contributed by atoms with Crippen LogP contribution in [0.1, 0.15) is 12.8 Å². The SMILES string of the molecule is OCCCCNc1cc(Br)cs1. The molecule has 2 nitrogen and oxygen atoms in total. The zero-order valence-electron chi connectivity index (χ0n) is 6.72. The average Bonchev–Trinajstić information content (AvgIpc) is 2.45. The van der Waals surface area contributed by atoms with Gasteiger partial charge in [0.05, 0.1) is 5.00 Å². The summed E-state index contributed by atoms with van der Waals surface area (Å²) in [5.74, 6) is 0. The van der Waals surface area contributed by atoms with Crippen LogP contribution in [0.4, 0.5) is 5.00 Å². The minimum atomic E-state index is 0.288. The zero-order chi connectivity index (χ0) is 8.81. The van der Waals surface area contributed by atoms with Crippen molar-refractivity contribution in [3.8, 4) is 0 Å². The van der Waals surface area contributed by atoms with Gasteiger partial charge in [0, 0.05) is 23.0 Å². The first-order valence-electron chi connectivity index (χ1n) is 3.91. The molecule has 0 radical (unpaired) electrons. The van der Waals surface area contributed by atoms with Crippen LogP contribution in [0, 0.1) is 0 Å². The number of nitrogens with one attached hydrogen (secondary N) is 1. The number of aliphatic hydroxyl groups excluding tert-OH is 1. The highest BCUT2D eigenvalue weighted by Crippen LogP contribution is 2.24. The molecule has 0 saturated carbocycles. The number of hydrogen-bond acceptors (Lipinski definition) is 3. The maximum absolute atomic E-state index is 8.53. The lowest BCUT2D eigenvalue weighted by Crippen LogP contribution is -2.00. The van der Waals surface area contributed by atoms with Gasteiger partial charge in [-0.3, -0.25) is 0 Å². The number of unbranched alkanes of at least 4 members (excludes halogenated alkanes) is 1. The van der Waals surface area contributed by atoms with Crippen LogP contribution in [0.5, 0.6) is 0 Å². The molecular formula is C8H12BrNOS. The Bertz CT molecular complexity index is 227. The van der Waals surface area contributed by atoms with Crippen LogP contribution < -0.4 is 5.32 Å². The Kier molecular flexibility index (Phi) is 4.65. The molecule has 4 heteroatoms. The molecule has 12 heavy (non-hydrogen) atoms. The minimum Gasteiger partial charge on any atom is -0.396 e. The van der Waals surface area contributed by atoms with E-state index in [9.17, 15) is 0 Å². The number of hydrogen-bond donors (Lipinski definition) is 2. The van der Waals surface area contributed by atoms with Gasteiger partial charge >= 0.3 is 0 Å². The quantitative estimate of drug-likeness (QED) is 0.787. The van der Waals surface area contributed by atoms with Crippen LogP contribution in [-0.2, 0) is 0 Å². The van der Waals surface area contributed by atoms with E-state index in [1.807, 2.05) is 5.38 Å². The Balaban J connectivity index is 2.15. The third-order valence-electron chi connectivity index (χ3n) is 1.45. The van der Waals surface area contributed by atoms with E-state index >= 15 is 0 Å². The van der Waals surface area contributed by atoms with Crippen molar-refractivity contribution in [3.63, 3.8) is 0 Å². The molecule has 2 N–H and O–H groups in total. The second-order valence-corrected chi connectivity index (χ2v) is 4.31. The highest BCUT2D eigenvalue weighted by atomic mass is 79.9. The molecule has 1 aromatic heterocycles. The van der Waals surface area contributed by atoms with Gasteiger partial charge in [0.25, 0.3) is 0 Å². The summed E-state index contributed by atoms with van der Waals surface area (Å²) in [5.41, 5.74) is 0. The fourth-order valence-corrected chi connectivity index (χ4v) is 2.20. The average molecular weight is 250 g/mol. The largest absolute Gasteiger partial charge is 0.396 e. The van der Waals surface area contributed by atoms with Gasteiger partial charge in [-0.05, 0) is 34.8 Å². The van der Waals surface area contributed by atoms with Crippen LogP contribution in [0.2, 0.25) is 0 Å². The third kappa shape index (κ3) is 3.56. The van der Waals surface area contributed by atoms with E-state index in [1.54, 1.807) is 11.3 Å². The lowest BCUT2D eigenvalue weighted by molar-refractivity contribution is 0.286. The highest BCUT2D eigenvalue weighted by Gasteiger charge is 1.94. The summed E-state index contributed by atoms with van der Waals surface area (Å²) in [6.07, 6.45) is 1.89. The summed E-state index contributed by atoms with van der Waals surface area (Å²) < 4.78 is 1.12. The Morgan fingerprint density at radius 3 is 2.92 bits per heavy atom. The topological polar surface area (TPSA) is 32.3 Å². The fourth-order valence-electron chi connectivity index (χ4n) is 0.854. The van der Waals surface area contributed by atoms with Gasteiger partial charge in [-0.1, -0.05) is 0 Å². The monoisotopic (exact) mass is 249 g/mol. The van der Waals surface area contributed by atoms with Gasteiger partial charge in [0.1, 0.15) is 0 Å². The first-order valence-corrected chi connectivity index (χ1v) is 5.59. The van der Waals surface area contributed by atoms with E-state index in [0.29, 0.717) is 0 Å². The molecule has 1 rings (SSSR count). The maximum Gasteiger partial charge on any atom is 0.0894 e. The molecule has 68 valence electrons. The number of halogens is 1. The highest BCUT2D eigenvalue weighted by molar-refractivity contribution is 9.10. The summed E-state index contributed by atoms with van der Waals surface area (Å²) in [7, 11) is 0. The number of rotatable bonds is 5. The molecular weight excluding hydrogens is 238 g/mol. The summed E-state index contributed by atoms with van der Waals surface area (Å²) in [6, 6.07) is 2.06. The summed E-state index contributed by atoms with van der Waals surface area (Å²) in [4.78, 5) is 0. The fraction of sp³-hybridized carbons (Fsp3) is 0.500. The van der Waals surface area contributed by atoms with Crippen molar-refractivity contribution in [3.05, 3.63) is 15.9 Å². The maximum atomic E-state index is 8.53. The molecule has 0 unspecified atom stereocenters. The van der Waals surface area contributed by atoms with Crippen LogP contribution in [-0.4, -0.2) is 18.3 Å². The molecule has 0 aliphatic rings. The normalized spacial score (nSPS) is 10.2. The van der Waals surface area contributed by atoms with Crippen LogP contribution in [0.15, 0.2) is 15.9 Å². The van der Waals surface area contributed by atoms with Crippen molar-refractivity contribution in [1.29, 1.82) is 0 Å². The van der Waals surface area contributed by atoms with Crippen LogP contribution >= 0.6 is 27.3 Å². The van der Waals surface area contributed by atoms with E-state index in [0.717, 1.165) is 23.9 Å². The molecule has 0 amide bonds. The van der Waals surface area contributed by atoms with Crippen LogP contribution in [0.3, 0.4) is 0 Å². The molecule has 0 fully saturated rings. The Morgan fingerprint density at radius 1 is 1.50 bits per heavy atom. The second kappa shape index (κ2) is 5.56. The Morgan fingerprint density at radius 2 is 2.33 bits per heavy atom. The third-order valence-corrected chi connectivity index (χ3v) is 3.10. The van der Waals surface area contributed by atoms with Crippen molar-refractivity contribution >= 4 is 32.3 Å². The van der Waals surface area contributed by atoms with Gasteiger partial charge in [-0.25, -0.2) is 0 Å². The Hall–Kier alpha value is -0.0600. The number of anilines is 1. The molecule has 0 aromatic carbocycles. The van der Waals surface area contributed by atoms with Crippen molar-refractivity contribution < 1.29 is 5.11 Å². The Labute approximate surface area is 84.7 Å².